The Bertz CT molecular complexity index is 390. The molecule has 1 rings (SSSR count). The topological polar surface area (TPSA) is 66.4 Å². The third-order valence-corrected chi connectivity index (χ3v) is 1.53. The van der Waals surface area contributed by atoms with Crippen LogP contribution in [-0.2, 0) is 4.79 Å². The number of nitrogens with one attached hydrogen (secondary N) is 1. The van der Waals surface area contributed by atoms with E-state index in [0.29, 0.717) is 0 Å². The molecule has 0 heterocycles. The van der Waals surface area contributed by atoms with Gasteiger partial charge in [0, 0.05) is 6.92 Å². The van der Waals surface area contributed by atoms with E-state index in [0.717, 1.165) is 6.07 Å². The van der Waals surface area contributed by atoms with E-state index >= 15 is 0 Å². The fourth-order valence-corrected chi connectivity index (χ4v) is 0.939. The second-order valence-electron chi connectivity index (χ2n) is 2.68. The van der Waals surface area contributed by atoms with E-state index in [1.807, 2.05) is 0 Å². The normalized spacial score (nSPS) is 9.57. The van der Waals surface area contributed by atoms with Crippen LogP contribution in [0.4, 0.5) is 10.1 Å². The van der Waals surface area contributed by atoms with Crippen LogP contribution in [0.15, 0.2) is 18.2 Å². The summed E-state index contributed by atoms with van der Waals surface area (Å²) in [5, 5.41) is 10.8. The highest BCUT2D eigenvalue weighted by Gasteiger charge is 2.08. The number of halogens is 1. The van der Waals surface area contributed by atoms with Gasteiger partial charge in [-0.1, -0.05) is 0 Å². The lowest BCUT2D eigenvalue weighted by Crippen LogP contribution is -2.08. The van der Waals surface area contributed by atoms with Gasteiger partial charge in [-0.3, -0.25) is 4.79 Å². The number of aromatic carboxylic acids is 1. The minimum Gasteiger partial charge on any atom is -0.478 e. The summed E-state index contributed by atoms with van der Waals surface area (Å²) in [6.45, 7) is 1.24. The van der Waals surface area contributed by atoms with Crippen LogP contribution < -0.4 is 5.32 Å². The maximum atomic E-state index is 13.1. The number of anilines is 1. The highest BCUT2D eigenvalue weighted by atomic mass is 19.1. The monoisotopic (exact) mass is 197 g/mol. The summed E-state index contributed by atoms with van der Waals surface area (Å²) in [6.07, 6.45) is 0. The Morgan fingerprint density at radius 2 is 2.07 bits per heavy atom. The maximum absolute atomic E-state index is 13.1. The van der Waals surface area contributed by atoms with Gasteiger partial charge in [0.25, 0.3) is 0 Å². The first-order valence-electron chi connectivity index (χ1n) is 3.81. The molecule has 74 valence electrons. The number of carboxylic acids is 1. The zero-order valence-electron chi connectivity index (χ0n) is 7.37. The molecule has 14 heavy (non-hydrogen) atoms. The second-order valence-corrected chi connectivity index (χ2v) is 2.68. The zero-order valence-corrected chi connectivity index (χ0v) is 7.37. The number of hydrogen-bond acceptors (Lipinski definition) is 2. The zero-order chi connectivity index (χ0) is 10.7. The van der Waals surface area contributed by atoms with Crippen molar-refractivity contribution < 1.29 is 19.1 Å². The van der Waals surface area contributed by atoms with Gasteiger partial charge in [0.2, 0.25) is 5.91 Å². The van der Waals surface area contributed by atoms with Crippen LogP contribution in [0.25, 0.3) is 0 Å². The molecule has 4 nitrogen and oxygen atoms in total. The van der Waals surface area contributed by atoms with Gasteiger partial charge in [-0.2, -0.15) is 0 Å². The van der Waals surface area contributed by atoms with Gasteiger partial charge in [-0.15, -0.1) is 0 Å². The second kappa shape index (κ2) is 3.87. The standard InChI is InChI=1S/C9H8FNO3/c1-5(12)11-8-3-2-6(9(13)14)4-7(8)10/h2-4H,1H3,(H,11,12)(H,13,14). The molecule has 0 unspecified atom stereocenters. The van der Waals surface area contributed by atoms with Crippen LogP contribution in [0, 0.1) is 5.82 Å². The molecule has 2 N–H and O–H groups in total. The molecule has 0 saturated heterocycles. The summed E-state index contributed by atoms with van der Waals surface area (Å²) in [5.41, 5.74) is -0.181. The number of amides is 1. The molecular formula is C9H8FNO3. The molecule has 1 aromatic carbocycles. The van der Waals surface area contributed by atoms with Crippen LogP contribution in [-0.4, -0.2) is 17.0 Å². The molecule has 0 spiro atoms. The summed E-state index contributed by atoms with van der Waals surface area (Å²) < 4.78 is 13.1. The smallest absolute Gasteiger partial charge is 0.335 e. The fraction of sp³-hybridized carbons (Fsp3) is 0.111. The molecule has 0 bridgehead atoms. The fourth-order valence-electron chi connectivity index (χ4n) is 0.939. The van der Waals surface area contributed by atoms with E-state index in [4.69, 9.17) is 5.11 Å². The SMILES string of the molecule is CC(=O)Nc1ccc(C(=O)O)cc1F. The van der Waals surface area contributed by atoms with E-state index < -0.39 is 17.7 Å². The third kappa shape index (κ3) is 2.29. The van der Waals surface area contributed by atoms with Crippen molar-refractivity contribution in [3.8, 4) is 0 Å². The Morgan fingerprint density at radius 3 is 2.50 bits per heavy atom. The van der Waals surface area contributed by atoms with Crippen molar-refractivity contribution in [2.24, 2.45) is 0 Å². The Morgan fingerprint density at radius 1 is 1.43 bits per heavy atom. The molecular weight excluding hydrogens is 189 g/mol. The summed E-state index contributed by atoms with van der Waals surface area (Å²) in [7, 11) is 0. The molecule has 0 aliphatic carbocycles. The van der Waals surface area contributed by atoms with Crippen molar-refractivity contribution in [3.05, 3.63) is 29.6 Å². The summed E-state index contributed by atoms with van der Waals surface area (Å²) >= 11 is 0. The first kappa shape index (κ1) is 10.2. The molecule has 1 amide bonds. The van der Waals surface area contributed by atoms with Gasteiger partial charge in [0.05, 0.1) is 11.3 Å². The van der Waals surface area contributed by atoms with Crippen molar-refractivity contribution >= 4 is 17.6 Å². The van der Waals surface area contributed by atoms with E-state index in [2.05, 4.69) is 5.32 Å². The van der Waals surface area contributed by atoms with Crippen LogP contribution in [0.5, 0.6) is 0 Å². The van der Waals surface area contributed by atoms with Gasteiger partial charge in [0.1, 0.15) is 5.82 Å². The van der Waals surface area contributed by atoms with Crippen LogP contribution in [0.3, 0.4) is 0 Å². The molecule has 1 aromatic rings. The van der Waals surface area contributed by atoms with Crippen molar-refractivity contribution in [1.82, 2.24) is 0 Å². The highest BCUT2D eigenvalue weighted by molar-refractivity contribution is 5.91. The van der Waals surface area contributed by atoms with Crippen LogP contribution >= 0.6 is 0 Å². The summed E-state index contributed by atoms with van der Waals surface area (Å²) in [6, 6.07) is 3.28. The van der Waals surface area contributed by atoms with E-state index in [1.165, 1.54) is 19.1 Å². The van der Waals surface area contributed by atoms with E-state index in [9.17, 15) is 14.0 Å². The van der Waals surface area contributed by atoms with Crippen molar-refractivity contribution in [2.75, 3.05) is 5.32 Å². The first-order chi connectivity index (χ1) is 6.50. The Kier molecular flexibility index (Phi) is 2.81. The lowest BCUT2D eigenvalue weighted by molar-refractivity contribution is -0.114. The molecule has 0 saturated carbocycles. The molecule has 0 aliphatic heterocycles. The number of carbonyl (C=O) groups is 2. The molecule has 0 radical (unpaired) electrons. The highest BCUT2D eigenvalue weighted by Crippen LogP contribution is 2.15. The molecule has 0 atom stereocenters. The molecule has 0 aliphatic rings. The number of carboxylic acid groups (broad SMARTS) is 1. The Labute approximate surface area is 79.4 Å². The number of benzene rings is 1. The third-order valence-electron chi connectivity index (χ3n) is 1.53. The van der Waals surface area contributed by atoms with Crippen molar-refractivity contribution in [1.29, 1.82) is 0 Å². The minimum atomic E-state index is -1.21. The van der Waals surface area contributed by atoms with E-state index in [1.54, 1.807) is 0 Å². The van der Waals surface area contributed by atoms with E-state index in [-0.39, 0.29) is 11.3 Å². The largest absolute Gasteiger partial charge is 0.478 e. The van der Waals surface area contributed by atoms with Gasteiger partial charge >= 0.3 is 5.97 Å². The van der Waals surface area contributed by atoms with Gasteiger partial charge < -0.3 is 10.4 Å². The van der Waals surface area contributed by atoms with Crippen LogP contribution in [0.1, 0.15) is 17.3 Å². The Hall–Kier alpha value is -1.91. The molecule has 0 fully saturated rings. The quantitative estimate of drug-likeness (QED) is 0.754. The lowest BCUT2D eigenvalue weighted by atomic mass is 10.2. The van der Waals surface area contributed by atoms with Crippen molar-refractivity contribution in [2.45, 2.75) is 6.92 Å². The number of carbonyl (C=O) groups excluding carboxylic acids is 1. The van der Waals surface area contributed by atoms with Crippen LogP contribution in [0.2, 0.25) is 0 Å². The van der Waals surface area contributed by atoms with Gasteiger partial charge in [-0.25, -0.2) is 9.18 Å². The number of rotatable bonds is 2. The van der Waals surface area contributed by atoms with Gasteiger partial charge in [0.15, 0.2) is 0 Å². The molecule has 0 aromatic heterocycles. The summed E-state index contributed by atoms with van der Waals surface area (Å²) in [4.78, 5) is 21.0. The predicted molar refractivity (Wildman–Crippen MR) is 47.7 cm³/mol. The van der Waals surface area contributed by atoms with Crippen molar-refractivity contribution in [3.63, 3.8) is 0 Å². The average Bonchev–Trinajstić information content (AvgIpc) is 2.07. The Balaban J connectivity index is 3.01. The number of hydrogen-bond donors (Lipinski definition) is 2. The first-order valence-corrected chi connectivity index (χ1v) is 3.81. The lowest BCUT2D eigenvalue weighted by Gasteiger charge is -2.03. The predicted octanol–water partition coefficient (Wildman–Crippen LogP) is 1.48. The average molecular weight is 197 g/mol. The molecule has 5 heteroatoms. The van der Waals surface area contributed by atoms with Gasteiger partial charge in [-0.05, 0) is 18.2 Å². The maximum Gasteiger partial charge on any atom is 0.335 e. The minimum absolute atomic E-state index is 0.0255. The summed E-state index contributed by atoms with van der Waals surface area (Å²) in [5.74, 6) is -2.38.